The molecule has 4 rings (SSSR count). The number of fused-ring (bicyclic) bond motifs is 3. The van der Waals surface area contributed by atoms with Crippen LogP contribution in [0.25, 0.3) is 0 Å². The third-order valence-corrected chi connectivity index (χ3v) is 9.08. The molecule has 11 heteroatoms. The molecule has 2 aromatic rings. The van der Waals surface area contributed by atoms with Gasteiger partial charge in [-0.05, 0) is 49.2 Å². The number of esters is 1. The van der Waals surface area contributed by atoms with Crippen LogP contribution in [0.15, 0.2) is 41.3 Å². The number of sulfone groups is 1. The van der Waals surface area contributed by atoms with Gasteiger partial charge in [0, 0.05) is 5.92 Å². The van der Waals surface area contributed by atoms with Crippen LogP contribution in [-0.4, -0.2) is 28.1 Å². The number of carbonyl (C=O) groups is 1. The number of hydrogen-bond donors (Lipinski definition) is 0. The number of ether oxygens (including phenoxy) is 2. The van der Waals surface area contributed by atoms with Gasteiger partial charge in [0.25, 0.3) is 0 Å². The maximum atomic E-state index is 15.2. The first kappa shape index (κ1) is 23.5. The van der Waals surface area contributed by atoms with Gasteiger partial charge in [-0.25, -0.2) is 17.2 Å². The van der Waals surface area contributed by atoms with E-state index in [0.717, 1.165) is 31.4 Å². The highest BCUT2D eigenvalue weighted by atomic mass is 32.2. The van der Waals surface area contributed by atoms with Crippen LogP contribution in [-0.2, 0) is 30.3 Å². The summed E-state index contributed by atoms with van der Waals surface area (Å²) in [6, 6.07) is 4.37. The number of halogens is 5. The molecule has 0 spiro atoms. The second-order valence-corrected chi connectivity index (χ2v) is 10.3. The van der Waals surface area contributed by atoms with Gasteiger partial charge in [-0.15, -0.1) is 0 Å². The quantitative estimate of drug-likeness (QED) is 0.464. The Balaban J connectivity index is 1.98. The fourth-order valence-corrected chi connectivity index (χ4v) is 7.45. The lowest BCUT2D eigenvalue weighted by atomic mass is 9.67. The monoisotopic (exact) mass is 490 g/mol. The van der Waals surface area contributed by atoms with Crippen molar-refractivity contribution in [3.63, 3.8) is 0 Å². The Morgan fingerprint density at radius 2 is 1.73 bits per heavy atom. The molecule has 178 valence electrons. The Labute approximate surface area is 186 Å². The minimum absolute atomic E-state index is 0.158. The van der Waals surface area contributed by atoms with Crippen molar-refractivity contribution in [1.82, 2.24) is 0 Å². The summed E-state index contributed by atoms with van der Waals surface area (Å²) in [4.78, 5) is 12.0. The zero-order chi connectivity index (χ0) is 24.2. The van der Waals surface area contributed by atoms with Gasteiger partial charge in [-0.1, -0.05) is 6.42 Å². The van der Waals surface area contributed by atoms with Crippen molar-refractivity contribution in [2.75, 3.05) is 13.7 Å². The van der Waals surface area contributed by atoms with Crippen molar-refractivity contribution in [3.05, 3.63) is 59.2 Å². The Hall–Kier alpha value is -2.69. The van der Waals surface area contributed by atoms with Gasteiger partial charge < -0.3 is 9.47 Å². The summed E-state index contributed by atoms with van der Waals surface area (Å²) in [5, 5.41) is 0. The molecule has 2 unspecified atom stereocenters. The molecule has 0 aromatic heterocycles. The molecule has 1 saturated carbocycles. The number of benzene rings is 2. The number of alkyl halides is 3. The topological polar surface area (TPSA) is 69.7 Å². The zero-order valence-corrected chi connectivity index (χ0v) is 18.1. The van der Waals surface area contributed by atoms with Crippen LogP contribution in [0.2, 0.25) is 0 Å². The van der Waals surface area contributed by atoms with Crippen molar-refractivity contribution >= 4 is 15.8 Å². The summed E-state index contributed by atoms with van der Waals surface area (Å²) in [5.74, 6) is -5.47. The molecule has 33 heavy (non-hydrogen) atoms. The van der Waals surface area contributed by atoms with E-state index in [0.29, 0.717) is 12.1 Å². The summed E-state index contributed by atoms with van der Waals surface area (Å²) in [6.45, 7) is -0.410. The Morgan fingerprint density at radius 1 is 1.09 bits per heavy atom. The molecule has 0 amide bonds. The first-order chi connectivity index (χ1) is 15.4. The predicted molar refractivity (Wildman–Crippen MR) is 105 cm³/mol. The van der Waals surface area contributed by atoms with Gasteiger partial charge in [0.15, 0.2) is 21.4 Å². The highest BCUT2D eigenvalue weighted by Crippen LogP contribution is 2.58. The van der Waals surface area contributed by atoms with E-state index in [1.807, 2.05) is 0 Å². The van der Waals surface area contributed by atoms with Crippen LogP contribution >= 0.6 is 0 Å². The SMILES string of the molecule is COC(=O)[C@@H]1CCCC2(S(=O)(=O)c3ccc(C(F)(F)F)cc3)c3c(F)ccc(F)c3OCC12. The molecular weight excluding hydrogens is 471 g/mol. The van der Waals surface area contributed by atoms with Gasteiger partial charge in [0.1, 0.15) is 10.6 Å². The number of hydrogen-bond acceptors (Lipinski definition) is 5. The smallest absolute Gasteiger partial charge is 0.416 e. The third-order valence-electron chi connectivity index (χ3n) is 6.51. The fraction of sp³-hybridized carbons (Fsp3) is 0.409. The van der Waals surface area contributed by atoms with Gasteiger partial charge in [0.2, 0.25) is 0 Å². The molecule has 0 radical (unpaired) electrons. The van der Waals surface area contributed by atoms with Crippen molar-refractivity contribution in [3.8, 4) is 5.75 Å². The number of methoxy groups -OCH3 is 1. The molecular formula is C22H19F5O5S. The normalized spacial score (nSPS) is 24.9. The van der Waals surface area contributed by atoms with Crippen LogP contribution in [0.5, 0.6) is 5.75 Å². The minimum atomic E-state index is -4.69. The van der Waals surface area contributed by atoms with E-state index >= 15 is 4.39 Å². The van der Waals surface area contributed by atoms with Gasteiger partial charge in [-0.2, -0.15) is 13.2 Å². The first-order valence-corrected chi connectivity index (χ1v) is 11.5. The molecule has 1 heterocycles. The molecule has 1 fully saturated rings. The Kier molecular flexibility index (Phi) is 5.66. The molecule has 0 saturated heterocycles. The van der Waals surface area contributed by atoms with Crippen molar-refractivity contribution in [2.45, 2.75) is 35.1 Å². The average Bonchev–Trinajstić information content (AvgIpc) is 2.79. The summed E-state index contributed by atoms with van der Waals surface area (Å²) < 4.78 is 105. The van der Waals surface area contributed by atoms with Crippen LogP contribution in [0.3, 0.4) is 0 Å². The van der Waals surface area contributed by atoms with Crippen LogP contribution in [0, 0.1) is 23.5 Å². The molecule has 2 aliphatic rings. The van der Waals surface area contributed by atoms with Crippen molar-refractivity contribution < 1.29 is 44.6 Å². The largest absolute Gasteiger partial charge is 0.490 e. The Morgan fingerprint density at radius 3 is 2.33 bits per heavy atom. The third kappa shape index (κ3) is 3.48. The maximum absolute atomic E-state index is 15.2. The predicted octanol–water partition coefficient (Wildman–Crippen LogP) is 4.63. The summed E-state index contributed by atoms with van der Waals surface area (Å²) in [5.41, 5.74) is -1.61. The lowest BCUT2D eigenvalue weighted by Gasteiger charge is -2.49. The summed E-state index contributed by atoms with van der Waals surface area (Å²) in [7, 11) is -3.51. The van der Waals surface area contributed by atoms with E-state index in [1.165, 1.54) is 0 Å². The summed E-state index contributed by atoms with van der Waals surface area (Å²) >= 11 is 0. The second kappa shape index (κ2) is 7.96. The fourth-order valence-electron chi connectivity index (χ4n) is 5.03. The van der Waals surface area contributed by atoms with E-state index in [1.54, 1.807) is 0 Å². The van der Waals surface area contributed by atoms with Crippen molar-refractivity contribution in [1.29, 1.82) is 0 Å². The molecule has 1 aliphatic heterocycles. The average molecular weight is 490 g/mol. The van der Waals surface area contributed by atoms with E-state index in [2.05, 4.69) is 0 Å². The molecule has 3 atom stereocenters. The zero-order valence-electron chi connectivity index (χ0n) is 17.3. The van der Waals surface area contributed by atoms with E-state index in [4.69, 9.17) is 9.47 Å². The highest BCUT2D eigenvalue weighted by Gasteiger charge is 2.62. The van der Waals surface area contributed by atoms with Gasteiger partial charge >= 0.3 is 12.1 Å². The molecule has 0 bridgehead atoms. The summed E-state index contributed by atoms with van der Waals surface area (Å²) in [6.07, 6.45) is -4.47. The van der Waals surface area contributed by atoms with Crippen molar-refractivity contribution in [2.24, 2.45) is 11.8 Å². The van der Waals surface area contributed by atoms with Crippen LogP contribution in [0.1, 0.15) is 30.4 Å². The number of rotatable bonds is 3. The van der Waals surface area contributed by atoms with Gasteiger partial charge in [0.05, 0.1) is 35.7 Å². The van der Waals surface area contributed by atoms with Gasteiger partial charge in [-0.3, -0.25) is 4.79 Å². The second-order valence-electron chi connectivity index (χ2n) is 8.09. The van der Waals surface area contributed by atoms with E-state index in [-0.39, 0.29) is 19.3 Å². The number of carbonyl (C=O) groups excluding carboxylic acids is 1. The maximum Gasteiger partial charge on any atom is 0.416 e. The van der Waals surface area contributed by atoms with Crippen LogP contribution in [0.4, 0.5) is 22.0 Å². The Bertz CT molecular complexity index is 1190. The minimum Gasteiger partial charge on any atom is -0.490 e. The molecule has 5 nitrogen and oxygen atoms in total. The molecule has 1 aliphatic carbocycles. The molecule has 2 aromatic carbocycles. The first-order valence-electron chi connectivity index (χ1n) is 10.1. The molecule has 0 N–H and O–H groups in total. The van der Waals surface area contributed by atoms with Crippen LogP contribution < -0.4 is 4.74 Å². The lowest BCUT2D eigenvalue weighted by molar-refractivity contribution is -0.150. The highest BCUT2D eigenvalue weighted by molar-refractivity contribution is 7.92. The standard InChI is InChI=1S/C22H19F5O5S/c1-31-20(28)14-3-2-10-21(15(14)11-32-19-17(24)9-8-16(23)18(19)21)33(29,30)13-6-4-12(5-7-13)22(25,26)27/h4-9,14-15H,2-3,10-11H2,1H3/t14-,15?,21?/m1/s1. The van der Waals surface area contributed by atoms with E-state index in [9.17, 15) is 30.8 Å². The lowest BCUT2D eigenvalue weighted by Crippen LogP contribution is -2.55. The van der Waals surface area contributed by atoms with E-state index < -0.39 is 78.6 Å².